The van der Waals surface area contributed by atoms with Crippen LogP contribution in [0, 0.1) is 0 Å². The molecule has 13 rings (SSSR count). The second kappa shape index (κ2) is 36.9. The minimum Gasteiger partial charge on any atom is -1.00 e. The molecule has 9 aromatic heterocycles. The van der Waals surface area contributed by atoms with Crippen LogP contribution in [0.25, 0.3) is 55.7 Å². The van der Waals surface area contributed by atoms with Crippen molar-refractivity contribution in [1.29, 1.82) is 0 Å². The van der Waals surface area contributed by atoms with Crippen molar-refractivity contribution in [2.45, 2.75) is 118 Å². The van der Waals surface area contributed by atoms with Crippen molar-refractivity contribution in [3.63, 3.8) is 0 Å². The summed E-state index contributed by atoms with van der Waals surface area (Å²) in [5.41, 5.74) is 8.71. The van der Waals surface area contributed by atoms with Gasteiger partial charge in [-0.15, -0.1) is 21.8 Å². The number of hydrogen-bond acceptors (Lipinski definition) is 23. The van der Waals surface area contributed by atoms with E-state index >= 15 is 0 Å². The molecule has 0 radical (unpaired) electrons. The molecule has 37 heteroatoms. The van der Waals surface area contributed by atoms with Crippen molar-refractivity contribution >= 4 is 125 Å². The minimum absolute atomic E-state index is 0. The van der Waals surface area contributed by atoms with Gasteiger partial charge in [0.15, 0.2) is 11.3 Å². The molecule has 2 aliphatic rings. The van der Waals surface area contributed by atoms with Gasteiger partial charge in [-0.05, 0) is 159 Å². The first-order chi connectivity index (χ1) is 44.1. The second-order valence-electron chi connectivity index (χ2n) is 25.4. The number of fused-ring (bicyclic) bond motifs is 4. The first-order valence-corrected chi connectivity index (χ1v) is 38.9. The summed E-state index contributed by atoms with van der Waals surface area (Å²) in [5, 5.41) is 42.3. The van der Waals surface area contributed by atoms with Gasteiger partial charge in [0, 0.05) is 70.6 Å². The summed E-state index contributed by atoms with van der Waals surface area (Å²) in [5.74, 6) is 0. The largest absolute Gasteiger partial charge is 1.00 e. The molecule has 2 fully saturated rings. The molecule has 0 amide bonds. The van der Waals surface area contributed by atoms with Crippen LogP contribution >= 0.6 is 49.0 Å². The Balaban J connectivity index is 0.000000331. The van der Waals surface area contributed by atoms with Gasteiger partial charge in [0.1, 0.15) is 18.9 Å². The molecule has 11 aromatic rings. The summed E-state index contributed by atoms with van der Waals surface area (Å²) in [7, 11) is -6.96. The fraction of sp³-hybridized carbons (Fsp3) is 0.410. The van der Waals surface area contributed by atoms with Gasteiger partial charge in [-0.2, -0.15) is 15.3 Å². The predicted molar refractivity (Wildman–Crippen MR) is 380 cm³/mol. The van der Waals surface area contributed by atoms with E-state index in [0.29, 0.717) is 64.2 Å². The molecular weight excluding hydrogens is 1450 g/mol. The third kappa shape index (κ3) is 24.3. The zero-order valence-electron chi connectivity index (χ0n) is 57.6. The Labute approximate surface area is 671 Å². The molecule has 2 aromatic carbocycles. The van der Waals surface area contributed by atoms with E-state index in [0.717, 1.165) is 49.4 Å². The molecule has 28 nitrogen and oxygen atoms in total. The fourth-order valence-corrected chi connectivity index (χ4v) is 10.8. The predicted octanol–water partition coefficient (Wildman–Crippen LogP) is 3.95. The van der Waals surface area contributed by atoms with Crippen molar-refractivity contribution < 1.29 is 151 Å². The Morgan fingerprint density at radius 3 is 1.50 bits per heavy atom. The minimum atomic E-state index is -2.22. The number of nitrogens with zero attached hydrogens (tertiary/aromatic N) is 17. The number of alkyl halides is 1. The van der Waals surface area contributed by atoms with Crippen LogP contribution in [0.15, 0.2) is 127 Å². The molecule has 0 saturated carbocycles. The number of hydrogen-bond donors (Lipinski definition) is 1. The van der Waals surface area contributed by atoms with Crippen LogP contribution in [0.4, 0.5) is 0 Å². The number of aromatic amines is 1. The van der Waals surface area contributed by atoms with E-state index in [1.165, 1.54) is 0 Å². The van der Waals surface area contributed by atoms with E-state index < -0.39 is 28.5 Å². The molecule has 1 N–H and O–H groups in total. The average molecular weight is 1540 g/mol. The zero-order chi connectivity index (χ0) is 68.4. The van der Waals surface area contributed by atoms with Crippen LogP contribution in [0.1, 0.15) is 82.8 Å². The van der Waals surface area contributed by atoms with Gasteiger partial charge < -0.3 is 43.9 Å². The number of carbonyl (C=O) groups excluding carboxylic acids is 1. The van der Waals surface area contributed by atoms with Crippen molar-refractivity contribution in [1.82, 2.24) is 89.6 Å². The van der Waals surface area contributed by atoms with E-state index in [9.17, 15) is 13.7 Å². The summed E-state index contributed by atoms with van der Waals surface area (Å²) in [6, 6.07) is 20.2. The number of nitrogens with one attached hydrogen (secondary N) is 1. The maximum atomic E-state index is 12.1. The van der Waals surface area contributed by atoms with Gasteiger partial charge in [0.05, 0.1) is 96.1 Å². The fourth-order valence-electron chi connectivity index (χ4n) is 8.83. The molecular formula is C61H83B2BrClK2N18O10P3. The molecule has 0 bridgehead atoms. The van der Waals surface area contributed by atoms with Gasteiger partial charge >= 0.3 is 117 Å². The molecule has 0 unspecified atom stereocenters. The van der Waals surface area contributed by atoms with Gasteiger partial charge in [-0.3, -0.25) is 29.2 Å². The van der Waals surface area contributed by atoms with Crippen molar-refractivity contribution in [2.75, 3.05) is 45.6 Å². The van der Waals surface area contributed by atoms with E-state index in [-0.39, 0.29) is 155 Å². The Bertz CT molecular complexity index is 4510. The monoisotopic (exact) mass is 1530 g/mol. The number of halogens is 2. The molecule has 2 saturated heterocycles. The molecule has 2 aliphatic heterocycles. The SMILES string of the molecule is Brc1cnc2nnn(Cc3ccc4ncccc4c3)c2n1.C.C.CC1(C)OB(c2cn[nH]c2)OC1(C)C.CC1(C)OB(c2cnn(CP(C)(C)=O)c2)OC1(C)C.CP(C)(=O)CCl.CP(C)(=O)Cn1cc(-c2cnc3nnn(Cc4ccc5ncccc5c4)c3n2)cn1.O=CO[O-].[H-].[K+].[K+]. The second-order valence-corrected chi connectivity index (χ2v) is 37.2. The molecule has 0 aliphatic carbocycles. The van der Waals surface area contributed by atoms with Gasteiger partial charge in [0.25, 0.3) is 6.47 Å². The topological polar surface area (TPSA) is 341 Å². The van der Waals surface area contributed by atoms with Crippen LogP contribution in [-0.4, -0.2) is 178 Å². The number of aromatic nitrogens is 18. The molecule has 514 valence electrons. The number of benzene rings is 2. The summed E-state index contributed by atoms with van der Waals surface area (Å²) < 4.78 is 65.4. The van der Waals surface area contributed by atoms with Gasteiger partial charge in [0.2, 0.25) is 11.3 Å². The summed E-state index contributed by atoms with van der Waals surface area (Å²) in [6.45, 7) is 27.5. The molecule has 11 heterocycles. The standard InChI is InChI=1S/C20H19N8OP.C14H9BrN6.C12H22BN2O3P.C9H15BN2O2.C3H8ClOP.CH2O3.2CH4.2K.H/c1-30(2,29)13-27-12-16(9-23-27)18-10-22-19-20(24-18)28(26-25-19)11-14-5-6-17-15(8-14)4-3-7-21-17;15-12-7-17-13-14(18-12)21(20-19-13)8-9-3-4-11-10(6-9)2-1-5-16-11;1-11(2)12(3,4)18-13(17-11)10-7-14-15(8-10)9-19(5,6)16;1-8(2)9(3,4)14-10(13-8)7-5-11-12-6-7;1-6(2,5)3-4;2-1-4-3;;;;;/h3-10,12H,11,13H2,1-2H3;1-7H,8H2;7-8H,9H2,1-6H3;5-6H,1-4H3,(H,11,12);3H2,1-2H3;1,3H;2*1H4;;;/q;;;;;;;;2*+1;-1/p-1. The molecule has 0 atom stereocenters. The smallest absolute Gasteiger partial charge is 1.00 e. The third-order valence-electron chi connectivity index (χ3n) is 14.9. The van der Waals surface area contributed by atoms with Crippen molar-refractivity contribution in [2.24, 2.45) is 0 Å². The number of H-pyrrole nitrogens is 1. The molecule has 0 spiro atoms. The first-order valence-electron chi connectivity index (χ1n) is 29.2. The summed E-state index contributed by atoms with van der Waals surface area (Å²) in [6.07, 6.45) is 18.3. The van der Waals surface area contributed by atoms with Crippen molar-refractivity contribution in [3.8, 4) is 11.3 Å². The van der Waals surface area contributed by atoms with Gasteiger partial charge in [-0.25, -0.2) is 29.3 Å². The number of rotatable bonds is 13. The van der Waals surface area contributed by atoms with Crippen LogP contribution in [0.2, 0.25) is 0 Å². The van der Waals surface area contributed by atoms with Crippen LogP contribution < -0.4 is 119 Å². The summed E-state index contributed by atoms with van der Waals surface area (Å²) in [4.78, 5) is 37.6. The quantitative estimate of drug-likeness (QED) is 0.0426. The average Bonchev–Trinajstić information content (AvgIpc) is 1.66. The van der Waals surface area contributed by atoms with E-state index in [2.05, 4.69) is 98.9 Å². The maximum absolute atomic E-state index is 12.1. The third-order valence-corrected chi connectivity index (χ3v) is 19.5. The Hall–Kier alpha value is -4.02. The zero-order valence-corrected chi connectivity index (χ0v) is 67.9. The van der Waals surface area contributed by atoms with Crippen LogP contribution in [-0.2, 0) is 67.7 Å². The summed E-state index contributed by atoms with van der Waals surface area (Å²) >= 11 is 8.53. The Morgan fingerprint density at radius 2 is 1.06 bits per heavy atom. The van der Waals surface area contributed by atoms with Crippen LogP contribution in [0.5, 0.6) is 0 Å². The Kier molecular flexibility index (Phi) is 32.5. The first kappa shape index (κ1) is 86.4. The number of pyridine rings is 2. The van der Waals surface area contributed by atoms with E-state index in [1.807, 2.05) is 116 Å². The number of carbonyl (C=O) groups is 1. The molecule has 98 heavy (non-hydrogen) atoms. The van der Waals surface area contributed by atoms with Crippen molar-refractivity contribution in [3.05, 3.63) is 138 Å². The van der Waals surface area contributed by atoms with Crippen LogP contribution in [0.3, 0.4) is 0 Å². The normalized spacial score (nSPS) is 14.7. The van der Waals surface area contributed by atoms with E-state index in [4.69, 9.17) is 45.3 Å². The van der Waals surface area contributed by atoms with E-state index in [1.54, 1.807) is 108 Å². The maximum Gasteiger partial charge on any atom is 1.00 e. The van der Waals surface area contributed by atoms with Gasteiger partial charge in [-0.1, -0.05) is 49.5 Å². The Morgan fingerprint density at radius 1 is 0.622 bits per heavy atom.